The molecular formula is C14H20Cl2O. The van der Waals surface area contributed by atoms with Crippen LogP contribution in [0.3, 0.4) is 0 Å². The molecule has 0 saturated heterocycles. The first-order valence-electron chi connectivity index (χ1n) is 5.68. The average Bonchev–Trinajstić information content (AvgIpc) is 2.10. The fraction of sp³-hybridized carbons (Fsp3) is 0.571. The minimum atomic E-state index is -0.126. The second-order valence-corrected chi connectivity index (χ2v) is 7.20. The molecule has 0 aliphatic carbocycles. The summed E-state index contributed by atoms with van der Waals surface area (Å²) in [6, 6.07) is 2.00. The Balaban J connectivity index is 3.63. The number of benzene rings is 1. The molecule has 0 spiro atoms. The first-order chi connectivity index (χ1) is 7.46. The first kappa shape index (κ1) is 14.7. The van der Waals surface area contributed by atoms with Gasteiger partial charge in [-0.2, -0.15) is 0 Å². The summed E-state index contributed by atoms with van der Waals surface area (Å²) in [5.41, 5.74) is 1.59. The lowest BCUT2D eigenvalue weighted by Crippen LogP contribution is -2.17. The summed E-state index contributed by atoms with van der Waals surface area (Å²) in [5, 5.41) is 10.7. The van der Waals surface area contributed by atoms with Gasteiger partial charge in [-0.25, -0.2) is 0 Å². The molecule has 0 radical (unpaired) electrons. The van der Waals surface area contributed by atoms with Crippen molar-refractivity contribution in [2.45, 2.75) is 52.4 Å². The number of hydrogen-bond donors (Lipinski definition) is 1. The van der Waals surface area contributed by atoms with Crippen LogP contribution < -0.4 is 0 Å². The van der Waals surface area contributed by atoms with Crippen molar-refractivity contribution in [1.29, 1.82) is 0 Å². The molecule has 96 valence electrons. The van der Waals surface area contributed by atoms with Crippen LogP contribution in [0.1, 0.15) is 52.7 Å². The van der Waals surface area contributed by atoms with Crippen LogP contribution in [0.4, 0.5) is 0 Å². The fourth-order valence-electron chi connectivity index (χ4n) is 1.71. The van der Waals surface area contributed by atoms with Gasteiger partial charge in [0.25, 0.3) is 0 Å². The lowest BCUT2D eigenvalue weighted by molar-refractivity contribution is 0.466. The van der Waals surface area contributed by atoms with Gasteiger partial charge in [0.1, 0.15) is 0 Å². The summed E-state index contributed by atoms with van der Waals surface area (Å²) >= 11 is 12.3. The van der Waals surface area contributed by atoms with Crippen LogP contribution in [-0.2, 0) is 10.8 Å². The molecule has 1 aromatic rings. The Bertz CT molecular complexity index is 399. The van der Waals surface area contributed by atoms with Crippen molar-refractivity contribution < 1.29 is 5.11 Å². The van der Waals surface area contributed by atoms with Crippen molar-refractivity contribution in [3.8, 4) is 5.75 Å². The van der Waals surface area contributed by atoms with Crippen molar-refractivity contribution in [1.82, 2.24) is 0 Å². The highest BCUT2D eigenvalue weighted by Crippen LogP contribution is 2.45. The molecule has 0 aliphatic heterocycles. The topological polar surface area (TPSA) is 20.2 Å². The maximum atomic E-state index is 10.0. The Labute approximate surface area is 114 Å². The van der Waals surface area contributed by atoms with Crippen molar-refractivity contribution in [2.24, 2.45) is 0 Å². The summed E-state index contributed by atoms with van der Waals surface area (Å²) in [7, 11) is 0. The summed E-state index contributed by atoms with van der Waals surface area (Å²) in [6.45, 7) is 12.4. The number of hydrogen-bond acceptors (Lipinski definition) is 1. The van der Waals surface area contributed by atoms with Crippen molar-refractivity contribution in [3.63, 3.8) is 0 Å². The second kappa shape index (κ2) is 4.37. The number of halogens is 2. The third-order valence-electron chi connectivity index (χ3n) is 2.79. The van der Waals surface area contributed by atoms with Gasteiger partial charge in [0.05, 0.1) is 10.0 Å². The Morgan fingerprint density at radius 3 is 1.35 bits per heavy atom. The monoisotopic (exact) mass is 274 g/mol. The molecule has 1 rings (SSSR count). The highest BCUT2D eigenvalue weighted by molar-refractivity contribution is 6.38. The molecule has 1 nitrogen and oxygen atoms in total. The Hall–Kier alpha value is -0.400. The zero-order valence-electron chi connectivity index (χ0n) is 11.3. The molecule has 3 heteroatoms. The summed E-state index contributed by atoms with van der Waals surface area (Å²) in [4.78, 5) is 0. The van der Waals surface area contributed by atoms with Gasteiger partial charge in [-0.15, -0.1) is 0 Å². The van der Waals surface area contributed by atoms with Crippen LogP contribution >= 0.6 is 23.2 Å². The Kier molecular flexibility index (Phi) is 3.76. The van der Waals surface area contributed by atoms with E-state index in [4.69, 9.17) is 23.2 Å². The maximum absolute atomic E-state index is 10.0. The molecule has 0 atom stereocenters. The molecule has 1 aromatic carbocycles. The molecule has 0 heterocycles. The maximum Gasteiger partial charge on any atom is 0.153 e. The smallest absolute Gasteiger partial charge is 0.153 e. The molecular weight excluding hydrogens is 255 g/mol. The van der Waals surface area contributed by atoms with Gasteiger partial charge in [0.15, 0.2) is 5.75 Å². The van der Waals surface area contributed by atoms with E-state index in [0.29, 0.717) is 10.0 Å². The number of phenols is 1. The van der Waals surface area contributed by atoms with Gasteiger partial charge in [-0.3, -0.25) is 0 Å². The Morgan fingerprint density at radius 1 is 0.824 bits per heavy atom. The van der Waals surface area contributed by atoms with Gasteiger partial charge in [0, 0.05) is 0 Å². The standard InChI is InChI=1S/C14H20Cl2O/c1-13(2,3)8-7-9(14(4,5)6)11(16)12(17)10(8)15/h7,17H,1-6H3. The summed E-state index contributed by atoms with van der Waals surface area (Å²) in [5.74, 6) is -0.00863. The SMILES string of the molecule is CC(C)(C)c1cc(C(C)(C)C)c(Cl)c(O)c1Cl. The van der Waals surface area contributed by atoms with Crippen molar-refractivity contribution in [2.75, 3.05) is 0 Å². The highest BCUT2D eigenvalue weighted by Gasteiger charge is 2.27. The van der Waals surface area contributed by atoms with E-state index < -0.39 is 0 Å². The Morgan fingerprint density at radius 2 is 1.12 bits per heavy atom. The summed E-state index contributed by atoms with van der Waals surface area (Å²) < 4.78 is 0. The van der Waals surface area contributed by atoms with Gasteiger partial charge >= 0.3 is 0 Å². The van der Waals surface area contributed by atoms with Crippen LogP contribution in [-0.4, -0.2) is 5.11 Å². The minimum Gasteiger partial charge on any atom is -0.505 e. The molecule has 0 aromatic heterocycles. The number of aromatic hydroxyl groups is 1. The van der Waals surface area contributed by atoms with Crippen LogP contribution in [0, 0.1) is 0 Å². The van der Waals surface area contributed by atoms with Crippen molar-refractivity contribution in [3.05, 3.63) is 27.2 Å². The van der Waals surface area contributed by atoms with E-state index in [1.54, 1.807) is 0 Å². The molecule has 17 heavy (non-hydrogen) atoms. The van der Waals surface area contributed by atoms with Crippen LogP contribution in [0.2, 0.25) is 10.0 Å². The van der Waals surface area contributed by atoms with E-state index in [2.05, 4.69) is 41.5 Å². The quantitative estimate of drug-likeness (QED) is 0.681. The highest BCUT2D eigenvalue weighted by atomic mass is 35.5. The zero-order valence-corrected chi connectivity index (χ0v) is 12.8. The second-order valence-electron chi connectivity index (χ2n) is 6.45. The number of phenolic OH excluding ortho intramolecular Hbond substituents is 1. The molecule has 0 unspecified atom stereocenters. The zero-order chi connectivity index (χ0) is 13.6. The average molecular weight is 275 g/mol. The van der Waals surface area contributed by atoms with E-state index >= 15 is 0 Å². The number of rotatable bonds is 0. The van der Waals surface area contributed by atoms with E-state index in [9.17, 15) is 5.11 Å². The predicted molar refractivity (Wildman–Crippen MR) is 75.5 cm³/mol. The van der Waals surface area contributed by atoms with Gasteiger partial charge < -0.3 is 5.11 Å². The third-order valence-corrected chi connectivity index (χ3v) is 3.56. The third kappa shape index (κ3) is 2.89. The van der Waals surface area contributed by atoms with Crippen LogP contribution in [0.25, 0.3) is 0 Å². The van der Waals surface area contributed by atoms with E-state index in [-0.39, 0.29) is 16.6 Å². The molecule has 0 saturated carbocycles. The van der Waals surface area contributed by atoms with E-state index in [1.807, 2.05) is 6.07 Å². The lowest BCUT2D eigenvalue weighted by atomic mass is 9.80. The predicted octanol–water partition coefficient (Wildman–Crippen LogP) is 5.29. The fourth-order valence-corrected chi connectivity index (χ4v) is 2.63. The van der Waals surface area contributed by atoms with Crippen molar-refractivity contribution >= 4 is 23.2 Å². The van der Waals surface area contributed by atoms with Crippen LogP contribution in [0.15, 0.2) is 6.07 Å². The van der Waals surface area contributed by atoms with Crippen LogP contribution in [0.5, 0.6) is 5.75 Å². The van der Waals surface area contributed by atoms with E-state index in [0.717, 1.165) is 11.1 Å². The van der Waals surface area contributed by atoms with Gasteiger partial charge in [0.2, 0.25) is 0 Å². The van der Waals surface area contributed by atoms with Gasteiger partial charge in [-0.05, 0) is 22.0 Å². The molecule has 0 amide bonds. The molecule has 0 aliphatic rings. The molecule has 1 N–H and O–H groups in total. The molecule has 0 bridgehead atoms. The first-order valence-corrected chi connectivity index (χ1v) is 6.43. The molecule has 0 fully saturated rings. The lowest BCUT2D eigenvalue weighted by Gasteiger charge is -2.27. The minimum absolute atomic E-state index is 0.00863. The van der Waals surface area contributed by atoms with E-state index in [1.165, 1.54) is 0 Å². The van der Waals surface area contributed by atoms with Gasteiger partial charge in [-0.1, -0.05) is 70.8 Å². The largest absolute Gasteiger partial charge is 0.505 e. The normalized spacial score (nSPS) is 12.9. The summed E-state index contributed by atoms with van der Waals surface area (Å²) in [6.07, 6.45) is 0.